The van der Waals surface area contributed by atoms with Gasteiger partial charge in [0.05, 0.1) is 13.7 Å². The minimum atomic E-state index is -0.561. The van der Waals surface area contributed by atoms with Crippen LogP contribution < -0.4 is 14.8 Å². The monoisotopic (exact) mass is 384 g/mol. The van der Waals surface area contributed by atoms with Crippen LogP contribution in [0.25, 0.3) is 0 Å². The third-order valence-corrected chi connectivity index (χ3v) is 4.47. The van der Waals surface area contributed by atoms with Crippen molar-refractivity contribution in [2.45, 2.75) is 32.4 Å². The summed E-state index contributed by atoms with van der Waals surface area (Å²) in [5.41, 5.74) is 0.936. The van der Waals surface area contributed by atoms with Crippen LogP contribution in [-0.2, 0) is 16.1 Å². The summed E-state index contributed by atoms with van der Waals surface area (Å²) < 4.78 is 10.8. The van der Waals surface area contributed by atoms with E-state index in [0.29, 0.717) is 26.0 Å². The number of methoxy groups -OCH3 is 1. The maximum atomic E-state index is 12.8. The van der Waals surface area contributed by atoms with E-state index in [2.05, 4.69) is 5.32 Å². The van der Waals surface area contributed by atoms with Crippen molar-refractivity contribution in [3.8, 4) is 11.5 Å². The van der Waals surface area contributed by atoms with Crippen molar-refractivity contribution >= 4 is 11.8 Å². The molecule has 6 heteroatoms. The minimum absolute atomic E-state index is 0.0800. The van der Waals surface area contributed by atoms with Crippen molar-refractivity contribution in [1.82, 2.24) is 10.2 Å². The summed E-state index contributed by atoms with van der Waals surface area (Å²) in [6.07, 6.45) is 0.887. The number of likely N-dealkylation sites (N-methyl/N-ethyl adjacent to an activating group) is 1. The molecule has 2 amide bonds. The van der Waals surface area contributed by atoms with Gasteiger partial charge >= 0.3 is 0 Å². The van der Waals surface area contributed by atoms with Crippen LogP contribution in [0.3, 0.4) is 0 Å². The van der Waals surface area contributed by atoms with Gasteiger partial charge in [0.1, 0.15) is 17.5 Å². The van der Waals surface area contributed by atoms with E-state index in [1.54, 1.807) is 26.0 Å². The number of nitrogens with zero attached hydrogens (tertiary/aromatic N) is 1. The first-order chi connectivity index (χ1) is 13.5. The number of amides is 2. The molecule has 1 atom stereocenters. The number of hydrogen-bond donors (Lipinski definition) is 1. The average molecular weight is 384 g/mol. The van der Waals surface area contributed by atoms with Crippen molar-refractivity contribution < 1.29 is 19.1 Å². The fourth-order valence-electron chi connectivity index (χ4n) is 2.79. The van der Waals surface area contributed by atoms with Crippen molar-refractivity contribution in [2.75, 3.05) is 20.8 Å². The molecule has 0 radical (unpaired) electrons. The first kappa shape index (κ1) is 21.3. The second kappa shape index (κ2) is 11.0. The van der Waals surface area contributed by atoms with Crippen LogP contribution in [0.2, 0.25) is 0 Å². The molecular formula is C22H28N2O4. The Balaban J connectivity index is 1.96. The highest BCUT2D eigenvalue weighted by Gasteiger charge is 2.25. The molecule has 1 N–H and O–H groups in total. The second-order valence-corrected chi connectivity index (χ2v) is 6.43. The first-order valence-electron chi connectivity index (χ1n) is 9.37. The molecule has 28 heavy (non-hydrogen) atoms. The predicted molar refractivity (Wildman–Crippen MR) is 108 cm³/mol. The summed E-state index contributed by atoms with van der Waals surface area (Å²) in [6, 6.07) is 16.4. The molecule has 0 bridgehead atoms. The van der Waals surface area contributed by atoms with E-state index in [-0.39, 0.29) is 11.8 Å². The lowest BCUT2D eigenvalue weighted by molar-refractivity contribution is -0.140. The van der Waals surface area contributed by atoms with E-state index in [9.17, 15) is 9.59 Å². The number of rotatable bonds is 10. The topological polar surface area (TPSA) is 67.9 Å². The number of carbonyl (C=O) groups is 2. The highest BCUT2D eigenvalue weighted by atomic mass is 16.5. The van der Waals surface area contributed by atoms with E-state index in [1.807, 2.05) is 54.6 Å². The van der Waals surface area contributed by atoms with Crippen LogP contribution in [0.15, 0.2) is 54.6 Å². The van der Waals surface area contributed by atoms with Gasteiger partial charge in [-0.3, -0.25) is 9.59 Å². The van der Waals surface area contributed by atoms with E-state index < -0.39 is 6.04 Å². The largest absolute Gasteiger partial charge is 0.497 e. The van der Waals surface area contributed by atoms with Crippen molar-refractivity contribution in [3.63, 3.8) is 0 Å². The number of para-hydroxylation sites is 1. The zero-order valence-electron chi connectivity index (χ0n) is 16.7. The van der Waals surface area contributed by atoms with E-state index in [0.717, 1.165) is 17.1 Å². The molecular weight excluding hydrogens is 356 g/mol. The number of ether oxygens (including phenoxy) is 2. The first-order valence-corrected chi connectivity index (χ1v) is 9.37. The van der Waals surface area contributed by atoms with Crippen LogP contribution in [0, 0.1) is 0 Å². The lowest BCUT2D eigenvalue weighted by atomic mass is 10.1. The van der Waals surface area contributed by atoms with Gasteiger partial charge in [-0.05, 0) is 43.2 Å². The van der Waals surface area contributed by atoms with Gasteiger partial charge in [-0.1, -0.05) is 30.3 Å². The number of benzene rings is 2. The quantitative estimate of drug-likeness (QED) is 0.640. The summed E-state index contributed by atoms with van der Waals surface area (Å²) in [5.74, 6) is 1.26. The van der Waals surface area contributed by atoms with Gasteiger partial charge < -0.3 is 19.7 Å². The molecule has 0 aliphatic heterocycles. The lowest BCUT2D eigenvalue weighted by Crippen LogP contribution is -2.46. The Morgan fingerprint density at radius 2 is 1.71 bits per heavy atom. The second-order valence-electron chi connectivity index (χ2n) is 6.43. The van der Waals surface area contributed by atoms with Crippen LogP contribution in [-0.4, -0.2) is 43.5 Å². The molecule has 0 saturated carbocycles. The van der Waals surface area contributed by atoms with Gasteiger partial charge in [0, 0.05) is 20.0 Å². The maximum absolute atomic E-state index is 12.8. The number of carbonyl (C=O) groups excluding carboxylic acids is 2. The molecule has 0 saturated heterocycles. The molecule has 0 aliphatic rings. The SMILES string of the molecule is CNC(=O)C(C)N(Cc1ccc(OC)cc1)C(=O)CCCOc1ccccc1. The Hall–Kier alpha value is -3.02. The van der Waals surface area contributed by atoms with Gasteiger partial charge in [-0.25, -0.2) is 0 Å². The van der Waals surface area contributed by atoms with Crippen molar-refractivity contribution in [2.24, 2.45) is 0 Å². The maximum Gasteiger partial charge on any atom is 0.242 e. The molecule has 150 valence electrons. The van der Waals surface area contributed by atoms with Crippen molar-refractivity contribution in [3.05, 3.63) is 60.2 Å². The molecule has 1 unspecified atom stereocenters. The van der Waals surface area contributed by atoms with E-state index >= 15 is 0 Å². The summed E-state index contributed by atoms with van der Waals surface area (Å²) in [6.45, 7) is 2.54. The summed E-state index contributed by atoms with van der Waals surface area (Å²) in [5, 5.41) is 2.62. The average Bonchev–Trinajstić information content (AvgIpc) is 2.75. The van der Waals surface area contributed by atoms with Gasteiger partial charge in [0.15, 0.2) is 0 Å². The van der Waals surface area contributed by atoms with E-state index in [4.69, 9.17) is 9.47 Å². The lowest BCUT2D eigenvalue weighted by Gasteiger charge is -2.28. The normalized spacial score (nSPS) is 11.4. The van der Waals surface area contributed by atoms with Crippen LogP contribution in [0.1, 0.15) is 25.3 Å². The fourth-order valence-corrected chi connectivity index (χ4v) is 2.79. The summed E-state index contributed by atoms with van der Waals surface area (Å²) in [4.78, 5) is 26.5. The van der Waals surface area contributed by atoms with Gasteiger partial charge in [-0.2, -0.15) is 0 Å². The molecule has 0 fully saturated rings. The molecule has 2 aromatic carbocycles. The van der Waals surface area contributed by atoms with Crippen molar-refractivity contribution in [1.29, 1.82) is 0 Å². The smallest absolute Gasteiger partial charge is 0.242 e. The van der Waals surface area contributed by atoms with Crippen LogP contribution in [0.5, 0.6) is 11.5 Å². The molecule has 0 aromatic heterocycles. The molecule has 0 spiro atoms. The number of nitrogens with one attached hydrogen (secondary N) is 1. The highest BCUT2D eigenvalue weighted by molar-refractivity contribution is 5.87. The Kier molecular flexibility index (Phi) is 8.34. The Morgan fingerprint density at radius 3 is 2.32 bits per heavy atom. The standard InChI is InChI=1S/C22H28N2O4/c1-17(22(26)23-2)24(16-18-11-13-19(27-3)14-12-18)21(25)10-7-15-28-20-8-5-4-6-9-20/h4-6,8-9,11-14,17H,7,10,15-16H2,1-3H3,(H,23,26). The minimum Gasteiger partial charge on any atom is -0.497 e. The molecule has 0 aliphatic carbocycles. The third-order valence-electron chi connectivity index (χ3n) is 4.47. The molecule has 0 heterocycles. The van der Waals surface area contributed by atoms with Crippen LogP contribution in [0.4, 0.5) is 0 Å². The van der Waals surface area contributed by atoms with E-state index in [1.165, 1.54) is 0 Å². The molecule has 2 aromatic rings. The predicted octanol–water partition coefficient (Wildman–Crippen LogP) is 3.02. The summed E-state index contributed by atoms with van der Waals surface area (Å²) in [7, 11) is 3.18. The summed E-state index contributed by atoms with van der Waals surface area (Å²) >= 11 is 0. The zero-order chi connectivity index (χ0) is 20.4. The highest BCUT2D eigenvalue weighted by Crippen LogP contribution is 2.16. The van der Waals surface area contributed by atoms with Crippen LogP contribution >= 0.6 is 0 Å². The molecule has 2 rings (SSSR count). The molecule has 6 nitrogen and oxygen atoms in total. The van der Waals surface area contributed by atoms with Gasteiger partial charge in [0.2, 0.25) is 11.8 Å². The zero-order valence-corrected chi connectivity index (χ0v) is 16.7. The third kappa shape index (κ3) is 6.30. The Labute approximate surface area is 166 Å². The Bertz CT molecular complexity index is 747. The number of hydrogen-bond acceptors (Lipinski definition) is 4. The van der Waals surface area contributed by atoms with Gasteiger partial charge in [0.25, 0.3) is 0 Å². The van der Waals surface area contributed by atoms with Gasteiger partial charge in [-0.15, -0.1) is 0 Å². The Morgan fingerprint density at radius 1 is 1.04 bits per heavy atom. The fraction of sp³-hybridized carbons (Fsp3) is 0.364.